The Hall–Kier alpha value is -1.21. The van der Waals surface area contributed by atoms with Crippen molar-refractivity contribution in [3.8, 4) is 0 Å². The van der Waals surface area contributed by atoms with Gasteiger partial charge in [0.2, 0.25) is 5.13 Å². The van der Waals surface area contributed by atoms with Gasteiger partial charge in [0.25, 0.3) is 0 Å². The summed E-state index contributed by atoms with van der Waals surface area (Å²) < 4.78 is 0.991. The van der Waals surface area contributed by atoms with Crippen molar-refractivity contribution in [1.82, 2.24) is 15.4 Å². The highest BCUT2D eigenvalue weighted by Gasteiger charge is 2.52. The Labute approximate surface area is 143 Å². The third-order valence-electron chi connectivity index (χ3n) is 5.25. The van der Waals surface area contributed by atoms with E-state index in [9.17, 15) is 0 Å². The first-order chi connectivity index (χ1) is 11.2. The number of halogens is 1. The van der Waals surface area contributed by atoms with E-state index < -0.39 is 0 Å². The third kappa shape index (κ3) is 2.28. The minimum absolute atomic E-state index is 0.0936. The molecule has 1 atom stereocenters. The van der Waals surface area contributed by atoms with Gasteiger partial charge in [0.15, 0.2) is 0 Å². The van der Waals surface area contributed by atoms with Crippen LogP contribution in [-0.4, -0.2) is 41.0 Å². The number of fused-ring (bicyclic) bond motifs is 3. The van der Waals surface area contributed by atoms with Crippen LogP contribution in [0.5, 0.6) is 0 Å². The Bertz CT molecular complexity index is 798. The van der Waals surface area contributed by atoms with Crippen molar-refractivity contribution in [2.24, 2.45) is 10.9 Å². The predicted octanol–water partition coefficient (Wildman–Crippen LogP) is 3.37. The fourth-order valence-corrected chi connectivity index (χ4v) is 5.24. The summed E-state index contributed by atoms with van der Waals surface area (Å²) in [7, 11) is 0. The van der Waals surface area contributed by atoms with Gasteiger partial charge in [0.1, 0.15) is 11.4 Å². The number of thiazole rings is 1. The number of aromatic nitrogens is 1. The second-order valence-corrected chi connectivity index (χ2v) is 8.02. The minimum Gasteiger partial charge on any atom is -0.300 e. The number of hydrogen-bond acceptors (Lipinski definition) is 5. The molecule has 120 valence electrons. The molecule has 1 aromatic heterocycles. The van der Waals surface area contributed by atoms with Crippen molar-refractivity contribution in [3.63, 3.8) is 0 Å². The Kier molecular flexibility index (Phi) is 3.17. The van der Waals surface area contributed by atoms with E-state index in [0.717, 1.165) is 39.2 Å². The lowest BCUT2D eigenvalue weighted by atomic mass is 9.74. The average Bonchev–Trinajstić information content (AvgIpc) is 3.14. The van der Waals surface area contributed by atoms with Crippen molar-refractivity contribution in [2.45, 2.75) is 24.9 Å². The lowest BCUT2D eigenvalue weighted by Gasteiger charge is -2.49. The number of nitrogens with one attached hydrogen (secondary N) is 1. The number of piperidine rings is 3. The highest BCUT2D eigenvalue weighted by atomic mass is 35.5. The fraction of sp³-hybridized carbons (Fsp3) is 0.500. The van der Waals surface area contributed by atoms with Gasteiger partial charge in [-0.2, -0.15) is 0 Å². The van der Waals surface area contributed by atoms with Crippen LogP contribution in [0.2, 0.25) is 5.02 Å². The number of amidine groups is 1. The smallest absolute Gasteiger partial charge is 0.212 e. The minimum atomic E-state index is -0.0936. The molecule has 0 unspecified atom stereocenters. The summed E-state index contributed by atoms with van der Waals surface area (Å²) in [5, 5.41) is 1.47. The first-order valence-electron chi connectivity index (χ1n) is 8.01. The topological polar surface area (TPSA) is 49.8 Å². The maximum atomic E-state index is 6.22. The van der Waals surface area contributed by atoms with Crippen molar-refractivity contribution < 1.29 is 4.84 Å². The second-order valence-electron chi connectivity index (χ2n) is 6.64. The molecule has 0 saturated carbocycles. The first-order valence-corrected chi connectivity index (χ1v) is 9.20. The molecule has 4 aliphatic rings. The first kappa shape index (κ1) is 14.2. The number of rotatable bonds is 1. The molecular formula is C16H17ClN4OS. The maximum absolute atomic E-state index is 6.22. The zero-order valence-electron chi connectivity index (χ0n) is 12.6. The molecule has 4 fully saturated rings. The van der Waals surface area contributed by atoms with Crippen LogP contribution < -0.4 is 5.48 Å². The lowest BCUT2D eigenvalue weighted by Crippen LogP contribution is -2.59. The Morgan fingerprint density at radius 1 is 1.39 bits per heavy atom. The van der Waals surface area contributed by atoms with Gasteiger partial charge in [-0.1, -0.05) is 29.0 Å². The highest BCUT2D eigenvalue weighted by Crippen LogP contribution is 2.43. The lowest BCUT2D eigenvalue weighted by molar-refractivity contribution is -0.150. The van der Waals surface area contributed by atoms with Gasteiger partial charge < -0.3 is 4.90 Å². The van der Waals surface area contributed by atoms with Gasteiger partial charge in [-0.05, 0) is 44.0 Å². The number of nitrogens with zero attached hydrogens (tertiary/aromatic N) is 3. The van der Waals surface area contributed by atoms with Crippen LogP contribution in [0.3, 0.4) is 0 Å². The standard InChI is InChI=1S/C16H17ClN4OS/c17-11-2-1-3-12-14(11)23-15(18-12)19-13-8-16(22-20-13)9-21-6-4-10(16)5-7-21/h1-3,10H,4-9H2,(H,18,19,20)/t16-/m0/s1. The van der Waals surface area contributed by atoms with Gasteiger partial charge in [-0.25, -0.2) is 9.98 Å². The van der Waals surface area contributed by atoms with Crippen LogP contribution in [0.15, 0.2) is 23.2 Å². The summed E-state index contributed by atoms with van der Waals surface area (Å²) in [6.07, 6.45) is 3.30. The van der Waals surface area contributed by atoms with Crippen LogP contribution in [0, 0.1) is 5.92 Å². The molecule has 0 amide bonds. The van der Waals surface area contributed by atoms with Gasteiger partial charge >= 0.3 is 0 Å². The van der Waals surface area contributed by atoms with Gasteiger partial charge in [0, 0.05) is 13.0 Å². The molecule has 23 heavy (non-hydrogen) atoms. The van der Waals surface area contributed by atoms with E-state index in [1.165, 1.54) is 37.3 Å². The van der Waals surface area contributed by atoms with Crippen molar-refractivity contribution in [3.05, 3.63) is 23.2 Å². The maximum Gasteiger partial charge on any atom is 0.212 e. The van der Waals surface area contributed by atoms with Crippen LogP contribution in [0.25, 0.3) is 10.2 Å². The molecule has 1 spiro atoms. The molecule has 1 N–H and O–H groups in total. The SMILES string of the molecule is Clc1cccc2nc(/N=C3/C[C@@]4(CN5CCC4CC5)ON3)sc12. The zero-order chi connectivity index (χ0) is 15.4. The van der Waals surface area contributed by atoms with Gasteiger partial charge in [0.05, 0.1) is 15.2 Å². The monoisotopic (exact) mass is 348 g/mol. The van der Waals surface area contributed by atoms with E-state index in [4.69, 9.17) is 16.4 Å². The third-order valence-corrected chi connectivity index (χ3v) is 6.67. The molecule has 2 bridgehead atoms. The number of hydroxylamine groups is 1. The second kappa shape index (κ2) is 5.14. The zero-order valence-corrected chi connectivity index (χ0v) is 14.2. The molecule has 6 rings (SSSR count). The summed E-state index contributed by atoms with van der Waals surface area (Å²) in [6.45, 7) is 3.42. The molecular weight excluding hydrogens is 332 g/mol. The molecule has 4 aliphatic heterocycles. The molecule has 5 nitrogen and oxygen atoms in total. The summed E-state index contributed by atoms with van der Waals surface area (Å²) in [5.74, 6) is 1.52. The molecule has 0 radical (unpaired) electrons. The van der Waals surface area contributed by atoms with E-state index in [-0.39, 0.29) is 5.60 Å². The summed E-state index contributed by atoms with van der Waals surface area (Å²) in [5.41, 5.74) is 3.87. The van der Waals surface area contributed by atoms with Gasteiger partial charge in [-0.3, -0.25) is 10.3 Å². The van der Waals surface area contributed by atoms with Crippen LogP contribution in [0.1, 0.15) is 19.3 Å². The van der Waals surface area contributed by atoms with E-state index >= 15 is 0 Å². The normalized spacial score (nSPS) is 34.6. The van der Waals surface area contributed by atoms with Crippen LogP contribution in [-0.2, 0) is 4.84 Å². The van der Waals surface area contributed by atoms with Crippen LogP contribution >= 0.6 is 22.9 Å². The van der Waals surface area contributed by atoms with E-state index in [1.807, 2.05) is 18.2 Å². The molecule has 2 aromatic rings. The quantitative estimate of drug-likeness (QED) is 0.858. The highest BCUT2D eigenvalue weighted by molar-refractivity contribution is 7.22. The summed E-state index contributed by atoms with van der Waals surface area (Å²) >= 11 is 7.75. The molecule has 7 heteroatoms. The Morgan fingerprint density at radius 3 is 3.00 bits per heavy atom. The summed E-state index contributed by atoms with van der Waals surface area (Å²) in [4.78, 5) is 17.8. The van der Waals surface area contributed by atoms with Crippen molar-refractivity contribution in [2.75, 3.05) is 19.6 Å². The van der Waals surface area contributed by atoms with Gasteiger partial charge in [-0.15, -0.1) is 0 Å². The Morgan fingerprint density at radius 2 is 2.26 bits per heavy atom. The van der Waals surface area contributed by atoms with Crippen molar-refractivity contribution >= 4 is 44.1 Å². The largest absolute Gasteiger partial charge is 0.300 e. The average molecular weight is 349 g/mol. The van der Waals surface area contributed by atoms with E-state index in [2.05, 4.69) is 20.4 Å². The fourth-order valence-electron chi connectivity index (χ4n) is 4.09. The molecule has 1 aromatic carbocycles. The predicted molar refractivity (Wildman–Crippen MR) is 92.5 cm³/mol. The molecule has 0 aliphatic carbocycles. The molecule has 5 heterocycles. The number of aliphatic imine (C=N–C) groups is 1. The van der Waals surface area contributed by atoms with Crippen molar-refractivity contribution in [1.29, 1.82) is 0 Å². The number of benzene rings is 1. The van der Waals surface area contributed by atoms with E-state index in [1.54, 1.807) is 0 Å². The Balaban J connectivity index is 1.44. The summed E-state index contributed by atoms with van der Waals surface area (Å²) in [6, 6.07) is 5.77. The number of hydrogen-bond donors (Lipinski definition) is 1. The molecule has 4 saturated heterocycles. The van der Waals surface area contributed by atoms with Crippen LogP contribution in [0.4, 0.5) is 5.13 Å². The van der Waals surface area contributed by atoms with E-state index in [0.29, 0.717) is 5.92 Å².